The second kappa shape index (κ2) is 7.09. The maximum atomic E-state index is 13.2. The van der Waals surface area contributed by atoms with Gasteiger partial charge in [-0.3, -0.25) is 14.2 Å². The summed E-state index contributed by atoms with van der Waals surface area (Å²) in [6, 6.07) is 7.70. The molecule has 3 aromatic rings. The van der Waals surface area contributed by atoms with Gasteiger partial charge < -0.3 is 9.32 Å². The molecule has 0 unspecified atom stereocenters. The molecule has 0 N–H and O–H groups in total. The number of nitrogens with zero attached hydrogens (tertiary/aromatic N) is 4. The van der Waals surface area contributed by atoms with Crippen molar-refractivity contribution in [3.63, 3.8) is 0 Å². The number of benzene rings is 1. The fourth-order valence-corrected chi connectivity index (χ4v) is 4.29. The Labute approximate surface area is 175 Å². The van der Waals surface area contributed by atoms with Crippen molar-refractivity contribution in [1.29, 1.82) is 0 Å². The molecule has 29 heavy (non-hydrogen) atoms. The van der Waals surface area contributed by atoms with Crippen LogP contribution in [0, 0.1) is 18.8 Å². The lowest BCUT2D eigenvalue weighted by molar-refractivity contribution is -0.131. The number of aryl methyl sites for hydroxylation is 1. The van der Waals surface area contributed by atoms with Gasteiger partial charge in [-0.25, -0.2) is 4.98 Å². The minimum Gasteiger partial charge on any atom is -0.422 e. The third-order valence-corrected chi connectivity index (χ3v) is 6.22. The predicted octanol–water partition coefficient (Wildman–Crippen LogP) is 3.38. The summed E-state index contributed by atoms with van der Waals surface area (Å²) in [7, 11) is 0. The largest absolute Gasteiger partial charge is 0.422 e. The molecule has 1 aromatic carbocycles. The maximum Gasteiger partial charge on any atom is 0.283 e. The molecule has 1 saturated heterocycles. The highest BCUT2D eigenvalue weighted by molar-refractivity contribution is 9.10. The van der Waals surface area contributed by atoms with Crippen molar-refractivity contribution in [3.05, 3.63) is 45.0 Å². The fraction of sp³-hybridized carbons (Fsp3) is 0.429. The second-order valence-electron chi connectivity index (χ2n) is 7.96. The van der Waals surface area contributed by atoms with Crippen molar-refractivity contribution in [2.24, 2.45) is 11.8 Å². The lowest BCUT2D eigenvalue weighted by Gasteiger charge is -2.18. The Morgan fingerprint density at radius 1 is 1.21 bits per heavy atom. The molecule has 0 bridgehead atoms. The van der Waals surface area contributed by atoms with Crippen LogP contribution in [-0.2, 0) is 11.3 Å². The van der Waals surface area contributed by atoms with Crippen LogP contribution in [-0.4, -0.2) is 38.4 Å². The number of halogens is 1. The molecule has 1 aliphatic heterocycles. The van der Waals surface area contributed by atoms with Gasteiger partial charge in [0.05, 0.1) is 0 Å². The summed E-state index contributed by atoms with van der Waals surface area (Å²) in [5.41, 5.74) is 1.16. The summed E-state index contributed by atoms with van der Waals surface area (Å²) in [6.07, 6.45) is 2.92. The maximum absolute atomic E-state index is 13.2. The standard InChI is InChI=1S/C21H21BrN4O3/c1-12-23-17-19(29-12)24-18(14-4-6-16(22)7-5-14)26(21(17)28)11-13-8-9-25(10-13)20(27)15-2-3-15/h4-7,13,15H,2-3,8-11H2,1H3/t13-/m1/s1. The van der Waals surface area contributed by atoms with Gasteiger partial charge in [-0.1, -0.05) is 28.1 Å². The number of carbonyl (C=O) groups is 1. The Bertz CT molecular complexity index is 1150. The number of hydrogen-bond acceptors (Lipinski definition) is 5. The fourth-order valence-electron chi connectivity index (χ4n) is 4.03. The molecule has 1 amide bonds. The van der Waals surface area contributed by atoms with E-state index < -0.39 is 0 Å². The quantitative estimate of drug-likeness (QED) is 0.600. The molecule has 1 atom stereocenters. The van der Waals surface area contributed by atoms with E-state index in [0.717, 1.165) is 35.8 Å². The predicted molar refractivity (Wildman–Crippen MR) is 111 cm³/mol. The second-order valence-corrected chi connectivity index (χ2v) is 8.87. The Morgan fingerprint density at radius 3 is 2.69 bits per heavy atom. The van der Waals surface area contributed by atoms with Crippen LogP contribution in [0.5, 0.6) is 0 Å². The molecule has 1 aliphatic carbocycles. The molecule has 0 radical (unpaired) electrons. The molecule has 0 spiro atoms. The van der Waals surface area contributed by atoms with E-state index in [2.05, 4.69) is 25.9 Å². The molecule has 1 saturated carbocycles. The normalized spacial score (nSPS) is 19.2. The Morgan fingerprint density at radius 2 is 1.97 bits per heavy atom. The van der Waals surface area contributed by atoms with Gasteiger partial charge in [0.1, 0.15) is 5.82 Å². The zero-order valence-electron chi connectivity index (χ0n) is 16.1. The summed E-state index contributed by atoms with van der Waals surface area (Å²) in [4.78, 5) is 36.4. The van der Waals surface area contributed by atoms with E-state index in [1.165, 1.54) is 0 Å². The van der Waals surface area contributed by atoms with Gasteiger partial charge in [-0.15, -0.1) is 0 Å². The SMILES string of the molecule is Cc1nc2c(=O)n(C[C@@H]3CCN(C(=O)C4CC4)C3)c(-c3ccc(Br)cc3)nc2o1. The summed E-state index contributed by atoms with van der Waals surface area (Å²) in [6.45, 7) is 3.68. The van der Waals surface area contributed by atoms with Crippen LogP contribution in [0.2, 0.25) is 0 Å². The van der Waals surface area contributed by atoms with E-state index in [0.29, 0.717) is 24.8 Å². The van der Waals surface area contributed by atoms with E-state index in [1.807, 2.05) is 29.2 Å². The van der Waals surface area contributed by atoms with Crippen LogP contribution in [0.1, 0.15) is 25.2 Å². The molecule has 2 aromatic heterocycles. The molecular formula is C21H21BrN4O3. The summed E-state index contributed by atoms with van der Waals surface area (Å²) in [5, 5.41) is 0. The van der Waals surface area contributed by atoms with Crippen LogP contribution in [0.25, 0.3) is 22.6 Å². The number of carbonyl (C=O) groups excluding carboxylic acids is 1. The van der Waals surface area contributed by atoms with Gasteiger partial charge >= 0.3 is 0 Å². The van der Waals surface area contributed by atoms with Gasteiger partial charge in [0.2, 0.25) is 5.91 Å². The first-order chi connectivity index (χ1) is 14.0. The van der Waals surface area contributed by atoms with E-state index in [9.17, 15) is 9.59 Å². The van der Waals surface area contributed by atoms with Gasteiger partial charge in [0, 0.05) is 42.5 Å². The highest BCUT2D eigenvalue weighted by Crippen LogP contribution is 2.33. The van der Waals surface area contributed by atoms with Crippen LogP contribution < -0.4 is 5.56 Å². The Balaban J connectivity index is 1.52. The Kier molecular flexibility index (Phi) is 4.53. The lowest BCUT2D eigenvalue weighted by atomic mass is 10.1. The van der Waals surface area contributed by atoms with Crippen molar-refractivity contribution in [3.8, 4) is 11.4 Å². The number of likely N-dealkylation sites (tertiary alicyclic amines) is 1. The first-order valence-electron chi connectivity index (χ1n) is 9.92. The highest BCUT2D eigenvalue weighted by Gasteiger charge is 2.37. The van der Waals surface area contributed by atoms with Crippen LogP contribution >= 0.6 is 15.9 Å². The van der Waals surface area contributed by atoms with E-state index in [4.69, 9.17) is 4.42 Å². The molecule has 150 valence electrons. The zero-order chi connectivity index (χ0) is 20.1. The average Bonchev–Trinajstić information content (AvgIpc) is 3.33. The third kappa shape index (κ3) is 3.50. The first-order valence-corrected chi connectivity index (χ1v) is 10.7. The van der Waals surface area contributed by atoms with E-state index >= 15 is 0 Å². The topological polar surface area (TPSA) is 81.2 Å². The summed E-state index contributed by atoms with van der Waals surface area (Å²) < 4.78 is 8.20. The van der Waals surface area contributed by atoms with Crippen molar-refractivity contribution >= 4 is 33.1 Å². The van der Waals surface area contributed by atoms with Crippen molar-refractivity contribution in [1.82, 2.24) is 19.4 Å². The van der Waals surface area contributed by atoms with Crippen LogP contribution in [0.15, 0.2) is 37.9 Å². The minimum atomic E-state index is -0.197. The van der Waals surface area contributed by atoms with Gasteiger partial charge in [0.25, 0.3) is 11.3 Å². The number of amides is 1. The third-order valence-electron chi connectivity index (χ3n) is 5.69. The average molecular weight is 457 g/mol. The first kappa shape index (κ1) is 18.5. The number of fused-ring (bicyclic) bond motifs is 1. The molecule has 2 fully saturated rings. The highest BCUT2D eigenvalue weighted by atomic mass is 79.9. The van der Waals surface area contributed by atoms with Crippen LogP contribution in [0.3, 0.4) is 0 Å². The molecule has 8 heteroatoms. The van der Waals surface area contributed by atoms with Crippen LogP contribution in [0.4, 0.5) is 0 Å². The zero-order valence-corrected chi connectivity index (χ0v) is 17.7. The minimum absolute atomic E-state index is 0.197. The van der Waals surface area contributed by atoms with Gasteiger partial charge in [0.15, 0.2) is 11.4 Å². The molecule has 3 heterocycles. The van der Waals surface area contributed by atoms with Gasteiger partial charge in [-0.2, -0.15) is 4.98 Å². The molecule has 5 rings (SSSR count). The van der Waals surface area contributed by atoms with E-state index in [-0.39, 0.29) is 34.5 Å². The van der Waals surface area contributed by atoms with Crippen molar-refractivity contribution in [2.75, 3.05) is 13.1 Å². The van der Waals surface area contributed by atoms with Crippen molar-refractivity contribution in [2.45, 2.75) is 32.7 Å². The monoisotopic (exact) mass is 456 g/mol. The van der Waals surface area contributed by atoms with Gasteiger partial charge in [-0.05, 0) is 37.3 Å². The number of rotatable bonds is 4. The summed E-state index contributed by atoms with van der Waals surface area (Å²) in [5.74, 6) is 1.71. The lowest BCUT2D eigenvalue weighted by Crippen LogP contribution is -2.32. The van der Waals surface area contributed by atoms with E-state index in [1.54, 1.807) is 11.5 Å². The Hall–Kier alpha value is -2.48. The molecule has 7 nitrogen and oxygen atoms in total. The number of oxazole rings is 1. The smallest absolute Gasteiger partial charge is 0.283 e. The number of hydrogen-bond donors (Lipinski definition) is 0. The molecule has 2 aliphatic rings. The number of aromatic nitrogens is 3. The van der Waals surface area contributed by atoms with Crippen molar-refractivity contribution < 1.29 is 9.21 Å². The summed E-state index contributed by atoms with van der Waals surface area (Å²) >= 11 is 3.45. The molecular weight excluding hydrogens is 436 g/mol.